The zero-order chi connectivity index (χ0) is 33.5. The summed E-state index contributed by atoms with van der Waals surface area (Å²) in [4.78, 5) is 25.7. The fourth-order valence-electron chi connectivity index (χ4n) is 4.85. The molecular weight excluding hydrogens is 588 g/mol. The van der Waals surface area contributed by atoms with E-state index in [0.717, 1.165) is 21.5 Å². The highest BCUT2D eigenvalue weighted by molar-refractivity contribution is 5.89. The van der Waals surface area contributed by atoms with Gasteiger partial charge in [-0.25, -0.2) is 9.59 Å². The van der Waals surface area contributed by atoms with E-state index in [0.29, 0.717) is 11.5 Å². The molecule has 10 nitrogen and oxygen atoms in total. The lowest BCUT2D eigenvalue weighted by Gasteiger charge is -2.33. The van der Waals surface area contributed by atoms with Gasteiger partial charge in [-0.2, -0.15) is 0 Å². The monoisotopic (exact) mass is 632 g/mol. The predicted octanol–water partition coefficient (Wildman–Crippen LogP) is 5.96. The normalized spacial score (nSPS) is 14.5. The molecule has 0 aliphatic rings. The molecule has 4 N–H and O–H groups in total. The highest BCUT2D eigenvalue weighted by atomic mass is 16.6. The molecule has 246 valence electrons. The van der Waals surface area contributed by atoms with E-state index in [1.807, 2.05) is 72.8 Å². The second-order valence-corrected chi connectivity index (χ2v) is 13.1. The Kier molecular flexibility index (Phi) is 11.0. The Labute approximate surface area is 269 Å². The lowest BCUT2D eigenvalue weighted by molar-refractivity contribution is -0.0429. The molecule has 0 aliphatic heterocycles. The maximum atomic E-state index is 12.9. The summed E-state index contributed by atoms with van der Waals surface area (Å²) >= 11 is 0. The average Bonchev–Trinajstić information content (AvgIpc) is 2.98. The maximum absolute atomic E-state index is 12.9. The van der Waals surface area contributed by atoms with Crippen molar-refractivity contribution in [1.82, 2.24) is 10.6 Å². The summed E-state index contributed by atoms with van der Waals surface area (Å²) < 4.78 is 23.1. The van der Waals surface area contributed by atoms with Crippen molar-refractivity contribution < 1.29 is 38.7 Å². The zero-order valence-electron chi connectivity index (χ0n) is 27.2. The summed E-state index contributed by atoms with van der Waals surface area (Å²) in [7, 11) is 0. The number of ether oxygens (including phenoxy) is 4. The van der Waals surface area contributed by atoms with Crippen LogP contribution in [0.2, 0.25) is 0 Å². The Morgan fingerprint density at radius 1 is 0.587 bits per heavy atom. The topological polar surface area (TPSA) is 136 Å². The van der Waals surface area contributed by atoms with Crippen molar-refractivity contribution in [2.75, 3.05) is 13.2 Å². The van der Waals surface area contributed by atoms with Gasteiger partial charge in [-0.15, -0.1) is 0 Å². The molecule has 4 aromatic rings. The van der Waals surface area contributed by atoms with Crippen LogP contribution >= 0.6 is 0 Å². The minimum absolute atomic E-state index is 0.227. The van der Waals surface area contributed by atoms with Gasteiger partial charge in [0.2, 0.25) is 0 Å². The number of hydrogen-bond acceptors (Lipinski definition) is 8. The molecule has 4 rings (SSSR count). The zero-order valence-corrected chi connectivity index (χ0v) is 27.2. The Morgan fingerprint density at radius 3 is 1.30 bits per heavy atom. The van der Waals surface area contributed by atoms with Gasteiger partial charge in [0.05, 0.1) is 12.1 Å². The van der Waals surface area contributed by atoms with Crippen LogP contribution in [-0.4, -0.2) is 71.1 Å². The smallest absolute Gasteiger partial charge is 0.408 e. The van der Waals surface area contributed by atoms with Gasteiger partial charge >= 0.3 is 12.2 Å². The molecule has 10 heteroatoms. The van der Waals surface area contributed by atoms with Crippen molar-refractivity contribution in [1.29, 1.82) is 0 Å². The van der Waals surface area contributed by atoms with E-state index >= 15 is 0 Å². The Bertz CT molecular complexity index is 1500. The maximum Gasteiger partial charge on any atom is 0.408 e. The van der Waals surface area contributed by atoms with E-state index in [-0.39, 0.29) is 13.2 Å². The minimum Gasteiger partial charge on any atom is -0.491 e. The van der Waals surface area contributed by atoms with Crippen molar-refractivity contribution in [3.63, 3.8) is 0 Å². The van der Waals surface area contributed by atoms with Gasteiger partial charge in [0.25, 0.3) is 0 Å². The molecule has 0 aromatic heterocycles. The summed E-state index contributed by atoms with van der Waals surface area (Å²) in [5, 5.41) is 31.9. The number of hydrogen-bond donors (Lipinski definition) is 4. The van der Waals surface area contributed by atoms with Crippen LogP contribution in [0.4, 0.5) is 9.59 Å². The molecule has 2 amide bonds. The summed E-state index contributed by atoms with van der Waals surface area (Å²) in [6.45, 7) is 9.82. The second-order valence-electron chi connectivity index (χ2n) is 13.1. The van der Waals surface area contributed by atoms with Crippen LogP contribution in [0.1, 0.15) is 41.5 Å². The second kappa shape index (κ2) is 14.7. The quantitative estimate of drug-likeness (QED) is 0.159. The highest BCUT2D eigenvalue weighted by Crippen LogP contribution is 2.27. The first kappa shape index (κ1) is 34.3. The molecule has 0 bridgehead atoms. The molecule has 0 unspecified atom stereocenters. The van der Waals surface area contributed by atoms with Gasteiger partial charge in [-0.05, 0) is 64.4 Å². The van der Waals surface area contributed by atoms with E-state index in [2.05, 4.69) is 10.6 Å². The van der Waals surface area contributed by atoms with Crippen molar-refractivity contribution >= 4 is 33.7 Å². The van der Waals surface area contributed by atoms with Crippen molar-refractivity contribution in [3.05, 3.63) is 84.9 Å². The molecule has 0 saturated carbocycles. The molecule has 4 aromatic carbocycles. The van der Waals surface area contributed by atoms with Crippen molar-refractivity contribution in [3.8, 4) is 11.5 Å². The van der Waals surface area contributed by atoms with E-state index < -0.39 is 47.7 Å². The van der Waals surface area contributed by atoms with E-state index in [4.69, 9.17) is 18.9 Å². The third-order valence-electron chi connectivity index (χ3n) is 6.91. The van der Waals surface area contributed by atoms with Gasteiger partial charge in [-0.3, -0.25) is 0 Å². The number of carbonyl (C=O) groups excluding carboxylic acids is 2. The fraction of sp³-hybridized carbons (Fsp3) is 0.389. The van der Waals surface area contributed by atoms with Gasteiger partial charge < -0.3 is 39.8 Å². The molecular formula is C36H44N2O8. The average molecular weight is 633 g/mol. The lowest BCUT2D eigenvalue weighted by Crippen LogP contribution is -2.59. The number of aliphatic hydroxyl groups is 2. The standard InChI is InChI=1S/C36H44N2O8/c1-35(2,3)45-33(41)37-27(21-43-29-19-11-15-23-13-7-9-17-25(23)29)31(39)32(40)28(38-34(42)46-36(4,5)6)22-44-30-20-12-16-24-14-8-10-18-26(24)30/h7-20,27-28,31-32,39-40H,21-22H2,1-6H3,(H,37,41)(H,38,42)/t27-,28-,31+,32+/m0/s1. The molecule has 0 aliphatic carbocycles. The first-order valence-corrected chi connectivity index (χ1v) is 15.3. The highest BCUT2D eigenvalue weighted by Gasteiger charge is 2.37. The summed E-state index contributed by atoms with van der Waals surface area (Å²) in [5.74, 6) is 1.05. The van der Waals surface area contributed by atoms with Gasteiger partial charge in [-0.1, -0.05) is 72.8 Å². The van der Waals surface area contributed by atoms with Crippen LogP contribution in [0.5, 0.6) is 11.5 Å². The summed E-state index contributed by atoms with van der Waals surface area (Å²) in [6, 6.07) is 24.1. The van der Waals surface area contributed by atoms with Gasteiger partial charge in [0.15, 0.2) is 0 Å². The lowest BCUT2D eigenvalue weighted by atomic mass is 9.99. The number of fused-ring (bicyclic) bond motifs is 2. The van der Waals surface area contributed by atoms with E-state index in [9.17, 15) is 19.8 Å². The van der Waals surface area contributed by atoms with Crippen LogP contribution in [0.3, 0.4) is 0 Å². The number of nitrogens with one attached hydrogen (secondary N) is 2. The Balaban J connectivity index is 1.59. The van der Waals surface area contributed by atoms with E-state index in [1.54, 1.807) is 53.7 Å². The fourth-order valence-corrected chi connectivity index (χ4v) is 4.85. The van der Waals surface area contributed by atoms with Crippen LogP contribution in [-0.2, 0) is 9.47 Å². The predicted molar refractivity (Wildman–Crippen MR) is 177 cm³/mol. The van der Waals surface area contributed by atoms with Crippen LogP contribution in [0.15, 0.2) is 84.9 Å². The van der Waals surface area contributed by atoms with E-state index in [1.165, 1.54) is 0 Å². The molecule has 0 radical (unpaired) electrons. The summed E-state index contributed by atoms with van der Waals surface area (Å²) in [5.41, 5.74) is -1.64. The molecule has 0 saturated heterocycles. The minimum atomic E-state index is -1.64. The Hall–Kier alpha value is -4.54. The number of amides is 2. The number of carbonyl (C=O) groups is 2. The molecule has 46 heavy (non-hydrogen) atoms. The first-order chi connectivity index (χ1) is 21.7. The SMILES string of the molecule is CC(C)(C)OC(=O)N[C@@H](COc1cccc2ccccc12)[C@@H](O)[C@H](O)[C@H](COc1cccc2ccccc12)NC(=O)OC(C)(C)C. The van der Waals surface area contributed by atoms with Crippen LogP contribution < -0.4 is 20.1 Å². The van der Waals surface area contributed by atoms with Crippen molar-refractivity contribution in [2.24, 2.45) is 0 Å². The molecule has 4 atom stereocenters. The van der Waals surface area contributed by atoms with Crippen molar-refractivity contribution in [2.45, 2.75) is 77.0 Å². The third-order valence-corrected chi connectivity index (χ3v) is 6.91. The molecule has 0 spiro atoms. The number of alkyl carbamates (subject to hydrolysis) is 2. The molecule has 0 heterocycles. The largest absolute Gasteiger partial charge is 0.491 e. The van der Waals surface area contributed by atoms with Crippen LogP contribution in [0, 0.1) is 0 Å². The molecule has 0 fully saturated rings. The number of rotatable bonds is 11. The summed E-state index contributed by atoms with van der Waals surface area (Å²) in [6.07, 6.45) is -4.90. The Morgan fingerprint density at radius 2 is 0.935 bits per heavy atom. The van der Waals surface area contributed by atoms with Gasteiger partial charge in [0, 0.05) is 10.8 Å². The number of aliphatic hydroxyl groups excluding tert-OH is 2. The van der Waals surface area contributed by atoms with Crippen LogP contribution in [0.25, 0.3) is 21.5 Å². The number of benzene rings is 4. The third kappa shape index (κ3) is 9.73. The van der Waals surface area contributed by atoms with Gasteiger partial charge in [0.1, 0.15) is 48.1 Å². The first-order valence-electron chi connectivity index (χ1n) is 15.3.